The van der Waals surface area contributed by atoms with Crippen LogP contribution in [0.15, 0.2) is 6.07 Å². The van der Waals surface area contributed by atoms with Crippen molar-refractivity contribution in [3.63, 3.8) is 0 Å². The van der Waals surface area contributed by atoms with Gasteiger partial charge in [-0.15, -0.1) is 11.3 Å². The van der Waals surface area contributed by atoms with Gasteiger partial charge in [0, 0.05) is 10.9 Å². The monoisotopic (exact) mass is 290 g/mol. The third-order valence-corrected chi connectivity index (χ3v) is 3.61. The molecular weight excluding hydrogens is 280 g/mol. The van der Waals surface area contributed by atoms with Crippen molar-refractivity contribution in [1.29, 1.82) is 0 Å². The van der Waals surface area contributed by atoms with Crippen LogP contribution in [0.5, 0.6) is 0 Å². The molecule has 19 heavy (non-hydrogen) atoms. The summed E-state index contributed by atoms with van der Waals surface area (Å²) in [7, 11) is 0. The highest BCUT2D eigenvalue weighted by atomic mass is 32.1. The van der Waals surface area contributed by atoms with Crippen LogP contribution in [0.4, 0.5) is 23.2 Å². The summed E-state index contributed by atoms with van der Waals surface area (Å²) in [5.41, 5.74) is -0.0874. The maximum atomic E-state index is 13.4. The van der Waals surface area contributed by atoms with Gasteiger partial charge in [0.05, 0.1) is 17.2 Å². The van der Waals surface area contributed by atoms with Gasteiger partial charge in [-0.1, -0.05) is 0 Å². The number of benzene rings is 1. The highest BCUT2D eigenvalue weighted by Crippen LogP contribution is 2.26. The Kier molecular flexibility index (Phi) is 3.75. The fourth-order valence-corrected chi connectivity index (χ4v) is 2.51. The molecule has 0 unspecified atom stereocenters. The first-order chi connectivity index (χ1) is 8.90. The molecule has 2 rings (SSSR count). The largest absolute Gasteiger partial charge is 0.375 e. The van der Waals surface area contributed by atoms with E-state index in [9.17, 15) is 17.6 Å². The van der Waals surface area contributed by atoms with Crippen LogP contribution in [-0.2, 0) is 6.54 Å². The molecule has 2 aromatic rings. The van der Waals surface area contributed by atoms with Crippen LogP contribution in [0.2, 0.25) is 0 Å². The van der Waals surface area contributed by atoms with Gasteiger partial charge in [-0.25, -0.2) is 22.5 Å². The number of nitrogens with one attached hydrogen (secondary N) is 1. The zero-order chi connectivity index (χ0) is 14.2. The van der Waals surface area contributed by atoms with Gasteiger partial charge in [-0.3, -0.25) is 0 Å². The highest BCUT2D eigenvalue weighted by Gasteiger charge is 2.19. The zero-order valence-electron chi connectivity index (χ0n) is 10.2. The molecule has 7 heteroatoms. The van der Waals surface area contributed by atoms with E-state index in [2.05, 4.69) is 10.3 Å². The van der Waals surface area contributed by atoms with Gasteiger partial charge in [0.25, 0.3) is 0 Å². The van der Waals surface area contributed by atoms with E-state index in [0.29, 0.717) is 5.69 Å². The van der Waals surface area contributed by atoms with Crippen molar-refractivity contribution in [2.45, 2.75) is 20.4 Å². The fourth-order valence-electron chi connectivity index (χ4n) is 1.63. The van der Waals surface area contributed by atoms with Gasteiger partial charge in [0.15, 0.2) is 23.3 Å². The van der Waals surface area contributed by atoms with Crippen LogP contribution in [0.25, 0.3) is 0 Å². The average molecular weight is 290 g/mol. The molecule has 0 aliphatic rings. The summed E-state index contributed by atoms with van der Waals surface area (Å²) in [5, 5.41) is 3.18. The summed E-state index contributed by atoms with van der Waals surface area (Å²) in [6.07, 6.45) is 0. The van der Waals surface area contributed by atoms with E-state index in [-0.39, 0.29) is 12.6 Å². The molecule has 1 aromatic carbocycles. The number of rotatable bonds is 3. The Morgan fingerprint density at radius 3 is 2.16 bits per heavy atom. The van der Waals surface area contributed by atoms with Crippen molar-refractivity contribution in [2.75, 3.05) is 5.32 Å². The second kappa shape index (κ2) is 5.16. The van der Waals surface area contributed by atoms with E-state index in [1.165, 1.54) is 11.3 Å². The maximum absolute atomic E-state index is 13.4. The SMILES string of the molecule is Cc1nc(C)c(CNc2c(F)c(F)cc(F)c2F)s1. The first-order valence-electron chi connectivity index (χ1n) is 5.40. The Labute approximate surface area is 111 Å². The summed E-state index contributed by atoms with van der Waals surface area (Å²) in [6.45, 7) is 3.59. The van der Waals surface area contributed by atoms with Crippen molar-refractivity contribution in [2.24, 2.45) is 0 Å². The van der Waals surface area contributed by atoms with Crippen molar-refractivity contribution in [3.8, 4) is 0 Å². The molecule has 1 aromatic heterocycles. The molecule has 0 aliphatic heterocycles. The average Bonchev–Trinajstić information content (AvgIpc) is 2.65. The quantitative estimate of drug-likeness (QED) is 0.684. The molecule has 2 nitrogen and oxygen atoms in total. The van der Waals surface area contributed by atoms with Crippen molar-refractivity contribution in [1.82, 2.24) is 4.98 Å². The predicted molar refractivity (Wildman–Crippen MR) is 65.2 cm³/mol. The minimum atomic E-state index is -1.43. The smallest absolute Gasteiger partial charge is 0.185 e. The number of hydrogen-bond acceptors (Lipinski definition) is 3. The molecule has 1 heterocycles. The molecule has 0 atom stereocenters. The third kappa shape index (κ3) is 2.70. The molecule has 0 radical (unpaired) electrons. The summed E-state index contributed by atoms with van der Waals surface area (Å²) in [5.74, 6) is -5.73. The van der Waals surface area contributed by atoms with E-state index in [1.54, 1.807) is 13.8 Å². The number of thiazole rings is 1. The Morgan fingerprint density at radius 1 is 1.11 bits per heavy atom. The third-order valence-electron chi connectivity index (χ3n) is 2.54. The molecule has 102 valence electrons. The fraction of sp³-hybridized carbons (Fsp3) is 0.250. The number of hydrogen-bond donors (Lipinski definition) is 1. The van der Waals surface area contributed by atoms with Crippen LogP contribution >= 0.6 is 11.3 Å². The van der Waals surface area contributed by atoms with Crippen molar-refractivity contribution < 1.29 is 17.6 Å². The van der Waals surface area contributed by atoms with Crippen LogP contribution in [0, 0.1) is 37.1 Å². The Balaban J connectivity index is 2.27. The van der Waals surface area contributed by atoms with Gasteiger partial charge in [-0.05, 0) is 13.8 Å². The van der Waals surface area contributed by atoms with E-state index < -0.39 is 29.0 Å². The molecule has 0 fully saturated rings. The Hall–Kier alpha value is -1.63. The summed E-state index contributed by atoms with van der Waals surface area (Å²) < 4.78 is 52.8. The number of aromatic nitrogens is 1. The van der Waals surface area contributed by atoms with Crippen LogP contribution < -0.4 is 5.32 Å². The van der Waals surface area contributed by atoms with E-state index in [0.717, 1.165) is 9.88 Å². The standard InChI is InChI=1S/C12H10F4N2S/c1-5-9(19-6(2)18-5)4-17-12-10(15)7(13)3-8(14)11(12)16/h3,17H,4H2,1-2H3. The molecule has 0 aliphatic carbocycles. The highest BCUT2D eigenvalue weighted by molar-refractivity contribution is 7.11. The second-order valence-electron chi connectivity index (χ2n) is 3.94. The van der Waals surface area contributed by atoms with Crippen LogP contribution in [-0.4, -0.2) is 4.98 Å². The molecular formula is C12H10F4N2S. The Bertz CT molecular complexity index is 598. The van der Waals surface area contributed by atoms with Crippen molar-refractivity contribution in [3.05, 3.63) is 44.9 Å². The minimum Gasteiger partial charge on any atom is -0.375 e. The number of anilines is 1. The zero-order valence-corrected chi connectivity index (χ0v) is 11.0. The van der Waals surface area contributed by atoms with E-state index in [1.807, 2.05) is 0 Å². The van der Waals surface area contributed by atoms with Crippen LogP contribution in [0.1, 0.15) is 15.6 Å². The normalized spacial score (nSPS) is 10.8. The number of aryl methyl sites for hydroxylation is 2. The molecule has 0 bridgehead atoms. The number of nitrogens with zero attached hydrogens (tertiary/aromatic N) is 1. The van der Waals surface area contributed by atoms with Gasteiger partial charge in [0.2, 0.25) is 0 Å². The van der Waals surface area contributed by atoms with E-state index in [4.69, 9.17) is 0 Å². The summed E-state index contributed by atoms with van der Waals surface area (Å²) in [4.78, 5) is 4.90. The first kappa shape index (κ1) is 13.8. The van der Waals surface area contributed by atoms with Crippen molar-refractivity contribution >= 4 is 17.0 Å². The lowest BCUT2D eigenvalue weighted by atomic mass is 10.2. The minimum absolute atomic E-state index is 0.0497. The Morgan fingerprint density at radius 2 is 1.68 bits per heavy atom. The van der Waals surface area contributed by atoms with Gasteiger partial charge in [-0.2, -0.15) is 0 Å². The van der Waals surface area contributed by atoms with Gasteiger partial charge in [0.1, 0.15) is 5.69 Å². The van der Waals surface area contributed by atoms with E-state index >= 15 is 0 Å². The lowest BCUT2D eigenvalue weighted by Gasteiger charge is -2.09. The first-order valence-corrected chi connectivity index (χ1v) is 6.21. The molecule has 0 saturated heterocycles. The molecule has 0 saturated carbocycles. The van der Waals surface area contributed by atoms with Crippen LogP contribution in [0.3, 0.4) is 0 Å². The van der Waals surface area contributed by atoms with Gasteiger partial charge >= 0.3 is 0 Å². The van der Waals surface area contributed by atoms with Gasteiger partial charge < -0.3 is 5.32 Å². The molecule has 0 amide bonds. The maximum Gasteiger partial charge on any atom is 0.185 e. The summed E-state index contributed by atoms with van der Waals surface area (Å²) in [6, 6.07) is 0.179. The second-order valence-corrected chi connectivity index (χ2v) is 5.23. The predicted octanol–water partition coefficient (Wildman–Crippen LogP) is 3.93. The molecule has 0 spiro atoms. The number of halogens is 4. The lowest BCUT2D eigenvalue weighted by Crippen LogP contribution is -2.07. The summed E-state index contributed by atoms with van der Waals surface area (Å²) >= 11 is 1.35. The topological polar surface area (TPSA) is 24.9 Å². The molecule has 1 N–H and O–H groups in total. The lowest BCUT2D eigenvalue weighted by molar-refractivity contribution is 0.458.